The van der Waals surface area contributed by atoms with E-state index in [0.717, 1.165) is 16.7 Å². The van der Waals surface area contributed by atoms with Gasteiger partial charge >= 0.3 is 0 Å². The van der Waals surface area contributed by atoms with Gasteiger partial charge in [-0.2, -0.15) is 0 Å². The van der Waals surface area contributed by atoms with Gasteiger partial charge in [0.1, 0.15) is 11.3 Å². The summed E-state index contributed by atoms with van der Waals surface area (Å²) in [5, 5.41) is 5.02. The van der Waals surface area contributed by atoms with Crippen LogP contribution in [0.5, 0.6) is 5.75 Å². The second kappa shape index (κ2) is 7.90. The third-order valence-corrected chi connectivity index (χ3v) is 4.79. The molecule has 0 saturated heterocycles. The average molecular weight is 400 g/mol. The second-order valence-electron chi connectivity index (χ2n) is 5.95. The van der Waals surface area contributed by atoms with Crippen LogP contribution in [-0.2, 0) is 7.05 Å². The molecule has 0 saturated carbocycles. The van der Waals surface area contributed by atoms with Crippen LogP contribution in [0.3, 0.4) is 0 Å². The number of halogens is 1. The highest BCUT2D eigenvalue weighted by molar-refractivity contribution is 6.34. The molecule has 0 aliphatic rings. The van der Waals surface area contributed by atoms with E-state index < -0.39 is 0 Å². The van der Waals surface area contributed by atoms with Gasteiger partial charge in [0, 0.05) is 36.8 Å². The molecule has 0 amide bonds. The highest BCUT2D eigenvalue weighted by atomic mass is 35.5. The third kappa shape index (κ3) is 3.18. The number of aromatic nitrogens is 5. The number of nitrogens with zero attached hydrogens (tertiary/aromatic N) is 4. The molecule has 1 N–H and O–H groups in total. The Morgan fingerprint density at radius 1 is 1.21 bits per heavy atom. The molecule has 4 rings (SSSR count). The minimum Gasteiger partial charge on any atom is -0.495 e. The van der Waals surface area contributed by atoms with E-state index in [4.69, 9.17) is 16.3 Å². The molecule has 0 spiro atoms. The van der Waals surface area contributed by atoms with E-state index in [9.17, 15) is 4.79 Å². The molecule has 0 unspecified atom stereocenters. The lowest BCUT2D eigenvalue weighted by Crippen LogP contribution is -2.15. The maximum absolute atomic E-state index is 12.7. The Hall–Kier alpha value is -3.06. The molecule has 8 heteroatoms. The summed E-state index contributed by atoms with van der Waals surface area (Å²) in [6.07, 6.45) is 5.25. The summed E-state index contributed by atoms with van der Waals surface area (Å²) in [6, 6.07) is 5.54. The van der Waals surface area contributed by atoms with E-state index in [-0.39, 0.29) is 5.56 Å². The Labute approximate surface area is 167 Å². The minimum atomic E-state index is -0.235. The first-order valence-electron chi connectivity index (χ1n) is 8.94. The fraction of sp³-hybridized carbons (Fsp3) is 0.250. The summed E-state index contributed by atoms with van der Waals surface area (Å²) < 4.78 is 8.66. The standard InChI is InChI=1S/C18H16ClN5O2.C2H6/c1-10-12(11-5-4-6-13(26-3)14(11)19)9-24-15(10)18(25)21-16(22-24)17-20-7-8-23(17)2;1-2/h4-9H,1-3H3,(H,21,22,25);1-2H3. The van der Waals surface area contributed by atoms with Gasteiger partial charge in [0.05, 0.1) is 12.1 Å². The SMILES string of the molecule is CC.COc1cccc(-c2cn3nc(-c4nccn4C)[nH]c(=O)c3c2C)c1Cl. The lowest BCUT2D eigenvalue weighted by atomic mass is 10.0. The Morgan fingerprint density at radius 2 is 1.96 bits per heavy atom. The highest BCUT2D eigenvalue weighted by Crippen LogP contribution is 2.37. The molecular formula is C20H22ClN5O2. The zero-order valence-corrected chi connectivity index (χ0v) is 17.2. The fourth-order valence-electron chi connectivity index (χ4n) is 3.08. The van der Waals surface area contributed by atoms with Crippen molar-refractivity contribution in [1.29, 1.82) is 0 Å². The fourth-order valence-corrected chi connectivity index (χ4v) is 3.38. The van der Waals surface area contributed by atoms with E-state index in [0.29, 0.717) is 27.9 Å². The smallest absolute Gasteiger partial charge is 0.275 e. The molecule has 0 fully saturated rings. The van der Waals surface area contributed by atoms with Crippen LogP contribution >= 0.6 is 11.6 Å². The molecule has 3 aromatic heterocycles. The van der Waals surface area contributed by atoms with Gasteiger partial charge in [-0.1, -0.05) is 37.6 Å². The molecule has 0 atom stereocenters. The van der Waals surface area contributed by atoms with E-state index in [1.54, 1.807) is 40.8 Å². The van der Waals surface area contributed by atoms with Gasteiger partial charge in [-0.05, 0) is 18.6 Å². The number of benzene rings is 1. The summed E-state index contributed by atoms with van der Waals surface area (Å²) in [4.78, 5) is 19.7. The maximum atomic E-state index is 12.7. The number of hydrogen-bond acceptors (Lipinski definition) is 4. The zero-order chi connectivity index (χ0) is 20.4. The second-order valence-corrected chi connectivity index (χ2v) is 6.33. The average Bonchev–Trinajstić information content (AvgIpc) is 3.27. The number of rotatable bonds is 3. The first-order chi connectivity index (χ1) is 13.5. The topological polar surface area (TPSA) is 77.2 Å². The number of methoxy groups -OCH3 is 1. The maximum Gasteiger partial charge on any atom is 0.275 e. The molecule has 1 aromatic carbocycles. The highest BCUT2D eigenvalue weighted by Gasteiger charge is 2.18. The Kier molecular flexibility index (Phi) is 5.56. The Morgan fingerprint density at radius 3 is 2.61 bits per heavy atom. The quantitative estimate of drug-likeness (QED) is 0.563. The molecule has 0 aliphatic heterocycles. The van der Waals surface area contributed by atoms with Crippen LogP contribution in [0.4, 0.5) is 0 Å². The number of ether oxygens (including phenoxy) is 1. The Bertz CT molecular complexity index is 1190. The number of fused-ring (bicyclic) bond motifs is 1. The molecule has 0 bridgehead atoms. The number of H-pyrrole nitrogens is 1. The van der Waals surface area contributed by atoms with Crippen LogP contribution in [0.15, 0.2) is 41.6 Å². The number of aromatic amines is 1. The van der Waals surface area contributed by atoms with Crippen LogP contribution in [0, 0.1) is 6.92 Å². The predicted octanol–water partition coefficient (Wildman–Crippen LogP) is 4.09. The molecule has 7 nitrogen and oxygen atoms in total. The normalized spacial score (nSPS) is 10.6. The van der Waals surface area contributed by atoms with Crippen LogP contribution < -0.4 is 10.3 Å². The van der Waals surface area contributed by atoms with Crippen molar-refractivity contribution >= 4 is 17.1 Å². The molecule has 4 aromatic rings. The van der Waals surface area contributed by atoms with Gasteiger partial charge in [-0.25, -0.2) is 9.50 Å². The van der Waals surface area contributed by atoms with Gasteiger partial charge in [0.2, 0.25) is 0 Å². The van der Waals surface area contributed by atoms with Crippen LogP contribution in [0.1, 0.15) is 19.4 Å². The molecule has 28 heavy (non-hydrogen) atoms. The number of nitrogens with one attached hydrogen (secondary N) is 1. The molecule has 0 aliphatic carbocycles. The van der Waals surface area contributed by atoms with E-state index in [2.05, 4.69) is 15.1 Å². The summed E-state index contributed by atoms with van der Waals surface area (Å²) in [5.74, 6) is 1.55. The van der Waals surface area contributed by atoms with Crippen molar-refractivity contribution in [1.82, 2.24) is 24.1 Å². The van der Waals surface area contributed by atoms with Crippen molar-refractivity contribution in [2.45, 2.75) is 20.8 Å². The summed E-state index contributed by atoms with van der Waals surface area (Å²) in [5.41, 5.74) is 2.63. The molecular weight excluding hydrogens is 378 g/mol. The monoisotopic (exact) mass is 399 g/mol. The lowest BCUT2D eigenvalue weighted by molar-refractivity contribution is 0.415. The van der Waals surface area contributed by atoms with E-state index in [1.807, 2.05) is 40.0 Å². The summed E-state index contributed by atoms with van der Waals surface area (Å²) >= 11 is 6.46. The number of imidazole rings is 1. The van der Waals surface area contributed by atoms with Gasteiger partial charge in [0.25, 0.3) is 5.56 Å². The van der Waals surface area contributed by atoms with Gasteiger partial charge in [-0.3, -0.25) is 4.79 Å². The van der Waals surface area contributed by atoms with Crippen molar-refractivity contribution in [2.24, 2.45) is 7.05 Å². The Balaban J connectivity index is 0.00000109. The van der Waals surface area contributed by atoms with Gasteiger partial charge < -0.3 is 14.3 Å². The number of hydrogen-bond donors (Lipinski definition) is 1. The van der Waals surface area contributed by atoms with Crippen molar-refractivity contribution in [3.63, 3.8) is 0 Å². The first kappa shape index (κ1) is 19.7. The molecule has 3 heterocycles. The first-order valence-corrected chi connectivity index (χ1v) is 9.32. The summed E-state index contributed by atoms with van der Waals surface area (Å²) in [6.45, 7) is 5.87. The third-order valence-electron chi connectivity index (χ3n) is 4.40. The largest absolute Gasteiger partial charge is 0.495 e. The lowest BCUT2D eigenvalue weighted by Gasteiger charge is -2.07. The predicted molar refractivity (Wildman–Crippen MR) is 111 cm³/mol. The van der Waals surface area contributed by atoms with E-state index in [1.165, 1.54) is 0 Å². The molecule has 0 radical (unpaired) electrons. The van der Waals surface area contributed by atoms with Gasteiger partial charge in [0.15, 0.2) is 11.6 Å². The van der Waals surface area contributed by atoms with Gasteiger partial charge in [-0.15, -0.1) is 5.10 Å². The summed E-state index contributed by atoms with van der Waals surface area (Å²) in [7, 11) is 3.41. The van der Waals surface area contributed by atoms with Crippen molar-refractivity contribution in [3.8, 4) is 28.5 Å². The van der Waals surface area contributed by atoms with Crippen molar-refractivity contribution in [3.05, 3.63) is 57.7 Å². The van der Waals surface area contributed by atoms with Crippen LogP contribution in [0.25, 0.3) is 28.3 Å². The molecule has 146 valence electrons. The number of aryl methyl sites for hydroxylation is 2. The van der Waals surface area contributed by atoms with Crippen molar-refractivity contribution < 1.29 is 4.74 Å². The van der Waals surface area contributed by atoms with Crippen LogP contribution in [-0.4, -0.2) is 31.3 Å². The van der Waals surface area contributed by atoms with E-state index >= 15 is 0 Å². The van der Waals surface area contributed by atoms with Crippen molar-refractivity contribution in [2.75, 3.05) is 7.11 Å². The minimum absolute atomic E-state index is 0.235. The van der Waals surface area contributed by atoms with Crippen LogP contribution in [0.2, 0.25) is 5.02 Å². The zero-order valence-electron chi connectivity index (χ0n) is 16.4.